The first-order valence-electron chi connectivity index (χ1n) is 5.87. The highest BCUT2D eigenvalue weighted by Crippen LogP contribution is 2.34. The Morgan fingerprint density at radius 1 is 1.47 bits per heavy atom. The van der Waals surface area contributed by atoms with Crippen LogP contribution in [0.15, 0.2) is 18.2 Å². The maximum absolute atomic E-state index is 12.2. The van der Waals surface area contributed by atoms with E-state index in [1.165, 1.54) is 4.90 Å². The lowest BCUT2D eigenvalue weighted by Gasteiger charge is -2.19. The van der Waals surface area contributed by atoms with Crippen LogP contribution in [-0.2, 0) is 4.74 Å². The van der Waals surface area contributed by atoms with Gasteiger partial charge in [0.15, 0.2) is 0 Å². The average molecular weight is 281 g/mol. The molecule has 0 saturated heterocycles. The molecule has 19 heavy (non-hydrogen) atoms. The fourth-order valence-corrected chi connectivity index (χ4v) is 2.27. The molecule has 6 heteroatoms. The highest BCUT2D eigenvalue weighted by atomic mass is 35.5. The zero-order chi connectivity index (χ0) is 13.8. The number of nitriles is 1. The van der Waals surface area contributed by atoms with Gasteiger partial charge in [-0.05, 0) is 18.2 Å². The molecule has 1 aromatic carbocycles. The molecule has 0 aromatic heterocycles. The lowest BCUT2D eigenvalue weighted by Crippen LogP contribution is -2.31. The molecule has 0 aliphatic carbocycles. The molecule has 0 radical (unpaired) electrons. The summed E-state index contributed by atoms with van der Waals surface area (Å²) >= 11 is 5.89. The molecule has 1 N–H and O–H groups in total. The van der Waals surface area contributed by atoms with E-state index in [0.29, 0.717) is 22.7 Å². The number of rotatable bonds is 5. The Morgan fingerprint density at radius 2 is 2.26 bits per heavy atom. The van der Waals surface area contributed by atoms with Gasteiger partial charge in [0.2, 0.25) is 0 Å². The Bertz CT molecular complexity index is 527. The van der Waals surface area contributed by atoms with E-state index in [0.717, 1.165) is 0 Å². The van der Waals surface area contributed by atoms with E-state index in [2.05, 4.69) is 6.07 Å². The number of hydrogen-bond acceptors (Lipinski definition) is 4. The number of nitrogens with zero attached hydrogens (tertiary/aromatic N) is 2. The second kappa shape index (κ2) is 6.02. The van der Waals surface area contributed by atoms with E-state index < -0.39 is 6.04 Å². The number of aliphatic hydroxyl groups is 1. The van der Waals surface area contributed by atoms with Gasteiger partial charge in [0.25, 0.3) is 5.91 Å². The molecule has 1 aliphatic rings. The normalized spacial score (nSPS) is 17.4. The van der Waals surface area contributed by atoms with Crippen LogP contribution in [0.3, 0.4) is 0 Å². The van der Waals surface area contributed by atoms with E-state index in [1.807, 2.05) is 0 Å². The van der Waals surface area contributed by atoms with Gasteiger partial charge < -0.3 is 14.7 Å². The number of hydrogen-bond donors (Lipinski definition) is 1. The highest BCUT2D eigenvalue weighted by Gasteiger charge is 2.36. The first kappa shape index (κ1) is 13.8. The van der Waals surface area contributed by atoms with Gasteiger partial charge in [0.05, 0.1) is 25.9 Å². The van der Waals surface area contributed by atoms with Crippen LogP contribution in [0.5, 0.6) is 0 Å². The maximum Gasteiger partial charge on any atom is 0.255 e. The number of ether oxygens (including phenoxy) is 1. The van der Waals surface area contributed by atoms with E-state index in [1.54, 1.807) is 18.2 Å². The lowest BCUT2D eigenvalue weighted by molar-refractivity contribution is 0.0557. The molecule has 1 unspecified atom stereocenters. The van der Waals surface area contributed by atoms with Crippen molar-refractivity contribution in [1.82, 2.24) is 4.90 Å². The smallest absolute Gasteiger partial charge is 0.255 e. The predicted octanol–water partition coefficient (Wildman–Crippen LogP) is 1.37. The molecule has 0 spiro atoms. The molecule has 100 valence electrons. The summed E-state index contributed by atoms with van der Waals surface area (Å²) < 4.78 is 5.13. The van der Waals surface area contributed by atoms with Gasteiger partial charge in [-0.25, -0.2) is 0 Å². The number of carbonyl (C=O) groups excluding carboxylic acids is 1. The Hall–Kier alpha value is -1.61. The summed E-state index contributed by atoms with van der Waals surface area (Å²) in [6.07, 6.45) is 0. The fraction of sp³-hybridized carbons (Fsp3) is 0.385. The number of amides is 1. The second-order valence-corrected chi connectivity index (χ2v) is 4.53. The van der Waals surface area contributed by atoms with Gasteiger partial charge in [0.1, 0.15) is 6.04 Å². The number of benzene rings is 1. The summed E-state index contributed by atoms with van der Waals surface area (Å²) in [6.45, 7) is 0.749. The van der Waals surface area contributed by atoms with Gasteiger partial charge in [-0.15, -0.1) is 0 Å². The standard InChI is InChI=1S/C13H13ClN2O3/c14-9-1-2-10-11(7-9)12(8-15)16(13(10)18)3-5-19-6-4-17/h1-2,7,12,17H,3-6H2. The highest BCUT2D eigenvalue weighted by molar-refractivity contribution is 6.30. The lowest BCUT2D eigenvalue weighted by atomic mass is 10.1. The van der Waals surface area contributed by atoms with Crippen LogP contribution in [-0.4, -0.2) is 42.3 Å². The minimum absolute atomic E-state index is 0.0640. The minimum Gasteiger partial charge on any atom is -0.394 e. The Kier molecular flexibility index (Phi) is 4.38. The van der Waals surface area contributed by atoms with Crippen LogP contribution >= 0.6 is 11.6 Å². The SMILES string of the molecule is N#CC1c2cc(Cl)ccc2C(=O)N1CCOCCO. The van der Waals surface area contributed by atoms with Crippen molar-refractivity contribution in [3.63, 3.8) is 0 Å². The predicted molar refractivity (Wildman–Crippen MR) is 68.7 cm³/mol. The first-order chi connectivity index (χ1) is 9.19. The van der Waals surface area contributed by atoms with Crippen molar-refractivity contribution in [1.29, 1.82) is 5.26 Å². The van der Waals surface area contributed by atoms with Crippen LogP contribution < -0.4 is 0 Å². The third-order valence-electron chi connectivity index (χ3n) is 2.95. The van der Waals surface area contributed by atoms with Crippen LogP contribution in [0.2, 0.25) is 5.02 Å². The topological polar surface area (TPSA) is 73.6 Å². The number of carbonyl (C=O) groups is 1. The minimum atomic E-state index is -0.626. The zero-order valence-electron chi connectivity index (χ0n) is 10.2. The molecule has 0 bridgehead atoms. The van der Waals surface area contributed by atoms with Crippen LogP contribution in [0, 0.1) is 11.3 Å². The molecule has 0 fully saturated rings. The van der Waals surface area contributed by atoms with Crippen molar-refractivity contribution < 1.29 is 14.6 Å². The Labute approximate surface area is 116 Å². The first-order valence-corrected chi connectivity index (χ1v) is 6.25. The third-order valence-corrected chi connectivity index (χ3v) is 3.18. The van der Waals surface area contributed by atoms with Crippen molar-refractivity contribution >= 4 is 17.5 Å². The zero-order valence-corrected chi connectivity index (χ0v) is 10.9. The molecule has 2 rings (SSSR count). The van der Waals surface area contributed by atoms with Crippen molar-refractivity contribution in [2.24, 2.45) is 0 Å². The molecule has 1 atom stereocenters. The summed E-state index contributed by atoms with van der Waals surface area (Å²) in [5, 5.41) is 18.3. The van der Waals surface area contributed by atoms with Crippen molar-refractivity contribution in [2.45, 2.75) is 6.04 Å². The molecule has 1 heterocycles. The molecule has 5 nitrogen and oxygen atoms in total. The van der Waals surface area contributed by atoms with E-state index in [9.17, 15) is 10.1 Å². The van der Waals surface area contributed by atoms with Gasteiger partial charge in [0, 0.05) is 22.7 Å². The molecular weight excluding hydrogens is 268 g/mol. The van der Waals surface area contributed by atoms with Crippen LogP contribution in [0.1, 0.15) is 22.0 Å². The summed E-state index contributed by atoms with van der Waals surface area (Å²) in [5.41, 5.74) is 1.15. The molecular formula is C13H13ClN2O3. The van der Waals surface area contributed by atoms with Gasteiger partial charge in [-0.1, -0.05) is 11.6 Å². The van der Waals surface area contributed by atoms with Crippen LogP contribution in [0.4, 0.5) is 0 Å². The monoisotopic (exact) mass is 280 g/mol. The van der Waals surface area contributed by atoms with Crippen molar-refractivity contribution in [2.75, 3.05) is 26.4 Å². The summed E-state index contributed by atoms with van der Waals surface area (Å²) in [7, 11) is 0. The van der Waals surface area contributed by atoms with Gasteiger partial charge in [-0.2, -0.15) is 5.26 Å². The largest absolute Gasteiger partial charge is 0.394 e. The van der Waals surface area contributed by atoms with Crippen molar-refractivity contribution in [3.05, 3.63) is 34.3 Å². The molecule has 1 aliphatic heterocycles. The van der Waals surface area contributed by atoms with Gasteiger partial charge >= 0.3 is 0 Å². The quantitative estimate of drug-likeness (QED) is 0.827. The molecule has 0 saturated carbocycles. The fourth-order valence-electron chi connectivity index (χ4n) is 2.09. The van der Waals surface area contributed by atoms with Crippen molar-refractivity contribution in [3.8, 4) is 6.07 Å². The van der Waals surface area contributed by atoms with E-state index in [-0.39, 0.29) is 25.7 Å². The maximum atomic E-state index is 12.2. The third kappa shape index (κ3) is 2.71. The number of halogens is 1. The second-order valence-electron chi connectivity index (χ2n) is 4.10. The Balaban J connectivity index is 2.15. The summed E-state index contributed by atoms with van der Waals surface area (Å²) in [6, 6.07) is 6.41. The van der Waals surface area contributed by atoms with E-state index in [4.69, 9.17) is 21.4 Å². The molecule has 1 aromatic rings. The van der Waals surface area contributed by atoms with Crippen LogP contribution in [0.25, 0.3) is 0 Å². The van der Waals surface area contributed by atoms with E-state index >= 15 is 0 Å². The number of fused-ring (bicyclic) bond motifs is 1. The molecule has 1 amide bonds. The average Bonchev–Trinajstić information content (AvgIpc) is 2.66. The number of aliphatic hydroxyl groups excluding tert-OH is 1. The summed E-state index contributed by atoms with van der Waals surface area (Å²) in [5.74, 6) is -0.189. The van der Waals surface area contributed by atoms with Gasteiger partial charge in [-0.3, -0.25) is 4.79 Å². The Morgan fingerprint density at radius 3 is 2.95 bits per heavy atom. The summed E-state index contributed by atoms with van der Waals surface area (Å²) in [4.78, 5) is 13.6.